The maximum atomic E-state index is 5.77. The van der Waals surface area contributed by atoms with Gasteiger partial charge in [-0.15, -0.1) is 0 Å². The minimum atomic E-state index is 0.372. The Balaban J connectivity index is 1.76. The molecule has 2 aromatic carbocycles. The lowest BCUT2D eigenvalue weighted by Crippen LogP contribution is -2.40. The van der Waals surface area contributed by atoms with Crippen molar-refractivity contribution in [2.45, 2.75) is 51.3 Å². The minimum Gasteiger partial charge on any atom is -0.378 e. The van der Waals surface area contributed by atoms with Crippen molar-refractivity contribution in [3.8, 4) is 0 Å². The summed E-state index contributed by atoms with van der Waals surface area (Å²) in [6, 6.07) is 16.2. The fourth-order valence-electron chi connectivity index (χ4n) is 3.39. The van der Waals surface area contributed by atoms with Crippen LogP contribution in [-0.4, -0.2) is 18.8 Å². The van der Waals surface area contributed by atoms with Crippen molar-refractivity contribution >= 4 is 10.8 Å². The van der Waals surface area contributed by atoms with Gasteiger partial charge in [-0.05, 0) is 42.5 Å². The number of nitrogens with one attached hydrogen (secondary N) is 1. The predicted octanol–water partition coefficient (Wildman–Crippen LogP) is 4.45. The molecule has 0 aromatic heterocycles. The fourth-order valence-corrected chi connectivity index (χ4v) is 3.39. The van der Waals surface area contributed by atoms with Crippen LogP contribution in [-0.2, 0) is 4.74 Å². The highest BCUT2D eigenvalue weighted by atomic mass is 16.5. The summed E-state index contributed by atoms with van der Waals surface area (Å²) in [6.07, 6.45) is 3.79. The second-order valence-corrected chi connectivity index (χ2v) is 6.08. The Bertz CT molecular complexity index is 590. The van der Waals surface area contributed by atoms with Gasteiger partial charge in [0.15, 0.2) is 0 Å². The van der Waals surface area contributed by atoms with Gasteiger partial charge in [-0.2, -0.15) is 0 Å². The molecule has 21 heavy (non-hydrogen) atoms. The number of ether oxygens (including phenoxy) is 1. The molecule has 2 heteroatoms. The van der Waals surface area contributed by atoms with Gasteiger partial charge in [0.1, 0.15) is 0 Å². The molecule has 0 spiro atoms. The van der Waals surface area contributed by atoms with Crippen LogP contribution in [0.15, 0.2) is 42.5 Å². The number of rotatable bonds is 4. The molecular weight excluding hydrogens is 258 g/mol. The average molecular weight is 283 g/mol. The second kappa shape index (κ2) is 6.59. The Morgan fingerprint density at radius 3 is 2.86 bits per heavy atom. The minimum absolute atomic E-state index is 0.372. The first-order valence-corrected chi connectivity index (χ1v) is 8.13. The van der Waals surface area contributed by atoms with E-state index in [2.05, 4.69) is 61.6 Å². The van der Waals surface area contributed by atoms with Gasteiger partial charge in [-0.3, -0.25) is 0 Å². The number of hydrogen-bond donors (Lipinski definition) is 1. The Morgan fingerprint density at radius 2 is 2.00 bits per heavy atom. The average Bonchev–Trinajstić information content (AvgIpc) is 2.54. The summed E-state index contributed by atoms with van der Waals surface area (Å²) in [5, 5.41) is 6.49. The Morgan fingerprint density at radius 1 is 1.19 bits per heavy atom. The zero-order valence-electron chi connectivity index (χ0n) is 13.0. The summed E-state index contributed by atoms with van der Waals surface area (Å²) in [5.74, 6) is 0. The molecule has 3 unspecified atom stereocenters. The molecule has 1 aliphatic rings. The van der Waals surface area contributed by atoms with E-state index in [0.717, 1.165) is 25.9 Å². The largest absolute Gasteiger partial charge is 0.378 e. The molecule has 2 nitrogen and oxygen atoms in total. The zero-order chi connectivity index (χ0) is 14.7. The Kier molecular flexibility index (Phi) is 4.57. The van der Waals surface area contributed by atoms with Crippen LogP contribution in [0.3, 0.4) is 0 Å². The monoisotopic (exact) mass is 283 g/mol. The van der Waals surface area contributed by atoms with E-state index in [1.165, 1.54) is 16.3 Å². The van der Waals surface area contributed by atoms with Crippen LogP contribution < -0.4 is 5.32 Å². The van der Waals surface area contributed by atoms with Gasteiger partial charge in [-0.1, -0.05) is 49.4 Å². The molecule has 2 aromatic rings. The SMILES string of the molecule is CCC1CC(NC(C)c2cccc3ccccc23)CCO1. The van der Waals surface area contributed by atoms with Crippen LogP contribution in [0.2, 0.25) is 0 Å². The van der Waals surface area contributed by atoms with Crippen LogP contribution in [0.4, 0.5) is 0 Å². The van der Waals surface area contributed by atoms with Gasteiger partial charge in [0.05, 0.1) is 6.10 Å². The van der Waals surface area contributed by atoms with Crippen molar-refractivity contribution in [3.63, 3.8) is 0 Å². The third-order valence-corrected chi connectivity index (χ3v) is 4.60. The van der Waals surface area contributed by atoms with Crippen LogP contribution in [0.1, 0.15) is 44.7 Å². The van der Waals surface area contributed by atoms with E-state index in [1.807, 2.05) is 0 Å². The van der Waals surface area contributed by atoms with Gasteiger partial charge < -0.3 is 10.1 Å². The first kappa shape index (κ1) is 14.6. The standard InChI is InChI=1S/C19H25NO/c1-3-17-13-16(11-12-21-17)20-14(2)18-10-6-8-15-7-4-5-9-19(15)18/h4-10,14,16-17,20H,3,11-13H2,1-2H3. The third kappa shape index (κ3) is 3.28. The third-order valence-electron chi connectivity index (χ3n) is 4.60. The van der Waals surface area contributed by atoms with Gasteiger partial charge in [0, 0.05) is 18.7 Å². The highest BCUT2D eigenvalue weighted by Crippen LogP contribution is 2.26. The molecule has 1 saturated heterocycles. The quantitative estimate of drug-likeness (QED) is 0.895. The molecule has 0 bridgehead atoms. The Hall–Kier alpha value is -1.38. The summed E-state index contributed by atoms with van der Waals surface area (Å²) in [5.41, 5.74) is 1.40. The van der Waals surface area contributed by atoms with Crippen molar-refractivity contribution in [1.29, 1.82) is 0 Å². The smallest absolute Gasteiger partial charge is 0.0587 e. The molecular formula is C19H25NO. The van der Waals surface area contributed by atoms with Crippen LogP contribution in [0.5, 0.6) is 0 Å². The van der Waals surface area contributed by atoms with E-state index < -0.39 is 0 Å². The molecule has 0 amide bonds. The molecule has 1 heterocycles. The molecule has 1 aliphatic heterocycles. The second-order valence-electron chi connectivity index (χ2n) is 6.08. The van der Waals surface area contributed by atoms with E-state index >= 15 is 0 Å². The summed E-state index contributed by atoms with van der Waals surface area (Å²) in [6.45, 7) is 5.37. The van der Waals surface area contributed by atoms with E-state index in [0.29, 0.717) is 18.2 Å². The summed E-state index contributed by atoms with van der Waals surface area (Å²) in [7, 11) is 0. The lowest BCUT2D eigenvalue weighted by atomic mass is 9.96. The molecule has 0 saturated carbocycles. The first-order chi connectivity index (χ1) is 10.3. The van der Waals surface area contributed by atoms with Crippen molar-refractivity contribution in [1.82, 2.24) is 5.32 Å². The summed E-state index contributed by atoms with van der Waals surface area (Å²) >= 11 is 0. The topological polar surface area (TPSA) is 21.3 Å². The molecule has 1 fully saturated rings. The lowest BCUT2D eigenvalue weighted by Gasteiger charge is -2.32. The van der Waals surface area contributed by atoms with Crippen molar-refractivity contribution in [3.05, 3.63) is 48.0 Å². The van der Waals surface area contributed by atoms with E-state index in [1.54, 1.807) is 0 Å². The van der Waals surface area contributed by atoms with Gasteiger partial charge in [0.2, 0.25) is 0 Å². The van der Waals surface area contributed by atoms with Crippen molar-refractivity contribution < 1.29 is 4.74 Å². The fraction of sp³-hybridized carbons (Fsp3) is 0.474. The van der Waals surface area contributed by atoms with Crippen molar-refractivity contribution in [2.75, 3.05) is 6.61 Å². The maximum Gasteiger partial charge on any atom is 0.0587 e. The maximum absolute atomic E-state index is 5.77. The van der Waals surface area contributed by atoms with Crippen LogP contribution in [0, 0.1) is 0 Å². The summed E-state index contributed by atoms with van der Waals surface area (Å²) < 4.78 is 5.77. The molecule has 1 N–H and O–H groups in total. The van der Waals surface area contributed by atoms with Crippen LogP contribution >= 0.6 is 0 Å². The Labute approximate surface area is 127 Å². The first-order valence-electron chi connectivity index (χ1n) is 8.13. The van der Waals surface area contributed by atoms with Crippen LogP contribution in [0.25, 0.3) is 10.8 Å². The van der Waals surface area contributed by atoms with Crippen molar-refractivity contribution in [2.24, 2.45) is 0 Å². The number of benzene rings is 2. The molecule has 112 valence electrons. The normalized spacial score (nSPS) is 24.1. The highest BCUT2D eigenvalue weighted by molar-refractivity contribution is 5.86. The molecule has 3 atom stereocenters. The number of fused-ring (bicyclic) bond motifs is 1. The molecule has 0 radical (unpaired) electrons. The van der Waals surface area contributed by atoms with Gasteiger partial charge >= 0.3 is 0 Å². The zero-order valence-corrected chi connectivity index (χ0v) is 13.0. The van der Waals surface area contributed by atoms with Gasteiger partial charge in [-0.25, -0.2) is 0 Å². The summed E-state index contributed by atoms with van der Waals surface area (Å²) in [4.78, 5) is 0. The van der Waals surface area contributed by atoms with E-state index in [9.17, 15) is 0 Å². The molecule has 0 aliphatic carbocycles. The molecule has 3 rings (SSSR count). The number of hydrogen-bond acceptors (Lipinski definition) is 2. The predicted molar refractivity (Wildman–Crippen MR) is 88.6 cm³/mol. The van der Waals surface area contributed by atoms with E-state index in [4.69, 9.17) is 4.74 Å². The van der Waals surface area contributed by atoms with Gasteiger partial charge in [0.25, 0.3) is 0 Å². The highest BCUT2D eigenvalue weighted by Gasteiger charge is 2.23. The lowest BCUT2D eigenvalue weighted by molar-refractivity contribution is -0.00162. The van der Waals surface area contributed by atoms with E-state index in [-0.39, 0.29) is 0 Å².